The van der Waals surface area contributed by atoms with Crippen molar-refractivity contribution in [3.63, 3.8) is 0 Å². The second kappa shape index (κ2) is 5.06. The molecular weight excluding hydrogens is 284 g/mol. The predicted molar refractivity (Wildman–Crippen MR) is 94.8 cm³/mol. The van der Waals surface area contributed by atoms with E-state index in [4.69, 9.17) is 0 Å². The van der Waals surface area contributed by atoms with Crippen molar-refractivity contribution in [2.75, 3.05) is 0 Å². The highest BCUT2D eigenvalue weighted by Gasteiger charge is 2.11. The average Bonchev–Trinajstić information content (AvgIpc) is 2.54. The lowest BCUT2D eigenvalue weighted by atomic mass is 9.94. The Morgan fingerprint density at radius 2 is 1.78 bits per heavy atom. The quantitative estimate of drug-likeness (QED) is 0.567. The molecule has 1 N–H and O–H groups in total. The van der Waals surface area contributed by atoms with Crippen molar-refractivity contribution in [2.24, 2.45) is 0 Å². The average molecular weight is 300 g/mol. The summed E-state index contributed by atoms with van der Waals surface area (Å²) >= 11 is 0. The molecule has 0 aliphatic heterocycles. The molecule has 2 aromatic carbocycles. The van der Waals surface area contributed by atoms with Crippen LogP contribution in [0.1, 0.15) is 11.3 Å². The lowest BCUT2D eigenvalue weighted by Gasteiger charge is -2.12. The zero-order chi connectivity index (χ0) is 16.0. The van der Waals surface area contributed by atoms with Gasteiger partial charge in [-0.2, -0.15) is 0 Å². The van der Waals surface area contributed by atoms with E-state index in [-0.39, 0.29) is 5.56 Å². The second-order valence-corrected chi connectivity index (χ2v) is 5.86. The van der Waals surface area contributed by atoms with Gasteiger partial charge in [-0.25, -0.2) is 0 Å². The Bertz CT molecular complexity index is 1100. The van der Waals surface area contributed by atoms with Gasteiger partial charge in [-0.05, 0) is 54.1 Å². The van der Waals surface area contributed by atoms with E-state index in [0.717, 1.165) is 44.1 Å². The van der Waals surface area contributed by atoms with Gasteiger partial charge < -0.3 is 4.98 Å². The Morgan fingerprint density at radius 3 is 2.65 bits per heavy atom. The number of aryl methyl sites for hydroxylation is 2. The molecule has 2 heterocycles. The number of H-pyrrole nitrogens is 1. The molecule has 0 spiro atoms. The van der Waals surface area contributed by atoms with Crippen LogP contribution in [0.15, 0.2) is 59.5 Å². The number of para-hydroxylation sites is 1. The van der Waals surface area contributed by atoms with E-state index >= 15 is 0 Å². The molecule has 0 saturated carbocycles. The molecule has 4 rings (SSSR count). The van der Waals surface area contributed by atoms with Gasteiger partial charge in [0.25, 0.3) is 5.56 Å². The largest absolute Gasteiger partial charge is 0.326 e. The summed E-state index contributed by atoms with van der Waals surface area (Å²) in [6.45, 7) is 3.91. The lowest BCUT2D eigenvalue weighted by Crippen LogP contribution is -2.09. The number of nitrogens with one attached hydrogen (secondary N) is 1. The number of aromatic nitrogens is 2. The number of hydrogen-bond donors (Lipinski definition) is 1. The SMILES string of the molecule is Cc1cc2ccc(-c3ccnc4ccccc34)c(C)c2c(=O)[nH]1. The van der Waals surface area contributed by atoms with E-state index in [2.05, 4.69) is 22.1 Å². The van der Waals surface area contributed by atoms with E-state index in [1.807, 2.05) is 56.4 Å². The highest BCUT2D eigenvalue weighted by molar-refractivity contribution is 5.99. The summed E-state index contributed by atoms with van der Waals surface area (Å²) in [5.41, 5.74) is 4.99. The Morgan fingerprint density at radius 1 is 0.957 bits per heavy atom. The third-order valence-electron chi connectivity index (χ3n) is 4.35. The van der Waals surface area contributed by atoms with Crippen LogP contribution in [0.4, 0.5) is 0 Å². The fourth-order valence-electron chi connectivity index (χ4n) is 3.29. The molecule has 0 aliphatic rings. The molecule has 112 valence electrons. The van der Waals surface area contributed by atoms with Crippen molar-refractivity contribution in [1.29, 1.82) is 0 Å². The van der Waals surface area contributed by atoms with Crippen molar-refractivity contribution in [1.82, 2.24) is 9.97 Å². The summed E-state index contributed by atoms with van der Waals surface area (Å²) in [4.78, 5) is 19.7. The first-order valence-corrected chi connectivity index (χ1v) is 7.62. The number of benzene rings is 2. The second-order valence-electron chi connectivity index (χ2n) is 5.86. The number of rotatable bonds is 1. The third-order valence-corrected chi connectivity index (χ3v) is 4.35. The van der Waals surface area contributed by atoms with Crippen molar-refractivity contribution in [2.45, 2.75) is 13.8 Å². The van der Waals surface area contributed by atoms with Crippen molar-refractivity contribution in [3.05, 3.63) is 76.3 Å². The summed E-state index contributed by atoms with van der Waals surface area (Å²) in [6.07, 6.45) is 1.82. The number of fused-ring (bicyclic) bond motifs is 2. The van der Waals surface area contributed by atoms with Crippen molar-refractivity contribution < 1.29 is 0 Å². The highest BCUT2D eigenvalue weighted by Crippen LogP contribution is 2.32. The summed E-state index contributed by atoms with van der Waals surface area (Å²) in [6, 6.07) is 16.2. The molecule has 0 amide bonds. The molecule has 3 heteroatoms. The monoisotopic (exact) mass is 300 g/mol. The number of hydrogen-bond acceptors (Lipinski definition) is 2. The first kappa shape index (κ1) is 13.7. The molecule has 0 aliphatic carbocycles. The molecule has 0 saturated heterocycles. The molecule has 0 unspecified atom stereocenters. The maximum atomic E-state index is 12.4. The molecule has 0 fully saturated rings. The molecule has 0 radical (unpaired) electrons. The standard InChI is InChI=1S/C20H16N2O/c1-12-11-14-7-8-15(13(2)19(14)20(23)22-12)16-9-10-21-18-6-4-3-5-17(16)18/h3-11H,1-2H3,(H,22,23). The van der Waals surface area contributed by atoms with Gasteiger partial charge in [-0.1, -0.05) is 30.3 Å². The predicted octanol–water partition coefficient (Wildman–Crippen LogP) is 4.36. The highest BCUT2D eigenvalue weighted by atomic mass is 16.1. The van der Waals surface area contributed by atoms with Crippen LogP contribution < -0.4 is 5.56 Å². The normalized spacial score (nSPS) is 11.2. The van der Waals surface area contributed by atoms with Crippen molar-refractivity contribution in [3.8, 4) is 11.1 Å². The van der Waals surface area contributed by atoms with Crippen LogP contribution in [-0.4, -0.2) is 9.97 Å². The number of nitrogens with zero attached hydrogens (tertiary/aromatic N) is 1. The maximum Gasteiger partial charge on any atom is 0.256 e. The molecule has 0 bridgehead atoms. The van der Waals surface area contributed by atoms with Crippen LogP contribution >= 0.6 is 0 Å². The van der Waals surface area contributed by atoms with Crippen molar-refractivity contribution >= 4 is 21.7 Å². The fourth-order valence-corrected chi connectivity index (χ4v) is 3.29. The van der Waals surface area contributed by atoms with Crippen LogP contribution in [0.25, 0.3) is 32.8 Å². The maximum absolute atomic E-state index is 12.4. The van der Waals surface area contributed by atoms with E-state index in [9.17, 15) is 4.79 Å². The number of pyridine rings is 2. The van der Waals surface area contributed by atoms with E-state index in [0.29, 0.717) is 0 Å². The van der Waals surface area contributed by atoms with Crippen LogP contribution in [0.5, 0.6) is 0 Å². The van der Waals surface area contributed by atoms with Gasteiger partial charge in [-0.15, -0.1) is 0 Å². The zero-order valence-electron chi connectivity index (χ0n) is 13.1. The lowest BCUT2D eigenvalue weighted by molar-refractivity contribution is 1.17. The topological polar surface area (TPSA) is 45.8 Å². The Kier molecular flexibility index (Phi) is 3.01. The molecule has 3 nitrogen and oxygen atoms in total. The van der Waals surface area contributed by atoms with Crippen LogP contribution in [0.3, 0.4) is 0 Å². The van der Waals surface area contributed by atoms with Gasteiger partial charge in [0.05, 0.1) is 10.9 Å². The van der Waals surface area contributed by atoms with Gasteiger partial charge in [0, 0.05) is 17.3 Å². The molecular formula is C20H16N2O. The van der Waals surface area contributed by atoms with Crippen LogP contribution in [0.2, 0.25) is 0 Å². The van der Waals surface area contributed by atoms with Crippen LogP contribution in [-0.2, 0) is 0 Å². The molecule has 23 heavy (non-hydrogen) atoms. The molecule has 0 atom stereocenters. The Balaban J connectivity index is 2.10. The van der Waals surface area contributed by atoms with Crippen LogP contribution in [0, 0.1) is 13.8 Å². The van der Waals surface area contributed by atoms with Gasteiger partial charge >= 0.3 is 0 Å². The first-order valence-electron chi connectivity index (χ1n) is 7.62. The third kappa shape index (κ3) is 2.13. The minimum Gasteiger partial charge on any atom is -0.326 e. The molecule has 4 aromatic rings. The minimum atomic E-state index is -0.0299. The van der Waals surface area contributed by atoms with Gasteiger partial charge in [0.15, 0.2) is 0 Å². The smallest absolute Gasteiger partial charge is 0.256 e. The first-order chi connectivity index (χ1) is 11.1. The van der Waals surface area contributed by atoms with Gasteiger partial charge in [0.1, 0.15) is 0 Å². The Hall–Kier alpha value is -2.94. The summed E-state index contributed by atoms with van der Waals surface area (Å²) in [7, 11) is 0. The Labute approximate surface area is 133 Å². The van der Waals surface area contributed by atoms with E-state index in [1.54, 1.807) is 0 Å². The molecule has 2 aromatic heterocycles. The zero-order valence-corrected chi connectivity index (χ0v) is 13.1. The van der Waals surface area contributed by atoms with Gasteiger partial charge in [-0.3, -0.25) is 9.78 Å². The summed E-state index contributed by atoms with van der Waals surface area (Å²) in [5, 5.41) is 2.83. The number of aromatic amines is 1. The fraction of sp³-hybridized carbons (Fsp3) is 0.100. The van der Waals surface area contributed by atoms with E-state index < -0.39 is 0 Å². The summed E-state index contributed by atoms with van der Waals surface area (Å²) < 4.78 is 0. The summed E-state index contributed by atoms with van der Waals surface area (Å²) in [5.74, 6) is 0. The minimum absolute atomic E-state index is 0.0299. The van der Waals surface area contributed by atoms with E-state index in [1.165, 1.54) is 0 Å². The van der Waals surface area contributed by atoms with Gasteiger partial charge in [0.2, 0.25) is 0 Å².